The van der Waals surface area contributed by atoms with E-state index in [4.69, 9.17) is 4.74 Å². The van der Waals surface area contributed by atoms with Crippen LogP contribution in [0.5, 0.6) is 0 Å². The van der Waals surface area contributed by atoms with Gasteiger partial charge >= 0.3 is 5.97 Å². The first kappa shape index (κ1) is 13.2. The maximum atomic E-state index is 12.3. The molecule has 2 aliphatic rings. The van der Waals surface area contributed by atoms with Crippen molar-refractivity contribution in [3.05, 3.63) is 34.4 Å². The molecule has 20 heavy (non-hydrogen) atoms. The van der Waals surface area contributed by atoms with Gasteiger partial charge in [-0.3, -0.25) is 4.79 Å². The molecule has 0 saturated heterocycles. The van der Waals surface area contributed by atoms with Gasteiger partial charge in [-0.05, 0) is 42.0 Å². The molecular formula is C16H19NO3. The summed E-state index contributed by atoms with van der Waals surface area (Å²) >= 11 is 0. The average molecular weight is 273 g/mol. The Morgan fingerprint density at radius 2 is 1.70 bits per heavy atom. The van der Waals surface area contributed by atoms with Gasteiger partial charge < -0.3 is 10.1 Å². The summed E-state index contributed by atoms with van der Waals surface area (Å²) in [5.74, 6) is -0.519. The summed E-state index contributed by atoms with van der Waals surface area (Å²) in [6.45, 7) is 3.55. The molecule has 1 aromatic carbocycles. The Hall–Kier alpha value is -1.84. The molecule has 4 heteroatoms. The van der Waals surface area contributed by atoms with Crippen molar-refractivity contribution in [1.29, 1.82) is 0 Å². The van der Waals surface area contributed by atoms with Crippen LogP contribution in [0.3, 0.4) is 0 Å². The molecule has 0 aromatic heterocycles. The number of aryl methyl sites for hydroxylation is 2. The fourth-order valence-corrected chi connectivity index (χ4v) is 3.28. The highest BCUT2D eigenvalue weighted by molar-refractivity contribution is 5.89. The smallest absolute Gasteiger partial charge is 0.332 e. The van der Waals surface area contributed by atoms with Gasteiger partial charge in [-0.1, -0.05) is 12.1 Å². The Balaban J connectivity index is 1.93. The molecule has 106 valence electrons. The Morgan fingerprint density at radius 1 is 1.15 bits per heavy atom. The largest absolute Gasteiger partial charge is 0.464 e. The van der Waals surface area contributed by atoms with Crippen molar-refractivity contribution in [2.75, 3.05) is 6.61 Å². The molecule has 1 N–H and O–H groups in total. The summed E-state index contributed by atoms with van der Waals surface area (Å²) in [7, 11) is 0. The lowest BCUT2D eigenvalue weighted by molar-refractivity contribution is -0.152. The third kappa shape index (κ3) is 1.99. The Kier molecular flexibility index (Phi) is 3.04. The molecule has 0 unspecified atom stereocenters. The number of ether oxygens (including phenoxy) is 1. The first-order chi connectivity index (χ1) is 9.54. The second-order valence-corrected chi connectivity index (χ2v) is 5.73. The number of benzene rings is 1. The molecule has 0 spiro atoms. The summed E-state index contributed by atoms with van der Waals surface area (Å²) < 4.78 is 5.18. The van der Waals surface area contributed by atoms with E-state index in [1.807, 2.05) is 0 Å². The summed E-state index contributed by atoms with van der Waals surface area (Å²) in [6.07, 6.45) is 3.31. The molecular weight excluding hydrogens is 254 g/mol. The summed E-state index contributed by atoms with van der Waals surface area (Å²) in [4.78, 5) is 23.8. The van der Waals surface area contributed by atoms with Gasteiger partial charge in [-0.15, -0.1) is 0 Å². The quantitative estimate of drug-likeness (QED) is 0.845. The number of nitrogens with one attached hydrogen (secondary N) is 1. The van der Waals surface area contributed by atoms with Crippen molar-refractivity contribution in [3.8, 4) is 0 Å². The second kappa shape index (κ2) is 4.62. The zero-order valence-corrected chi connectivity index (χ0v) is 11.9. The highest BCUT2D eigenvalue weighted by Gasteiger charge is 2.46. The van der Waals surface area contributed by atoms with Gasteiger partial charge in [-0.2, -0.15) is 0 Å². The van der Waals surface area contributed by atoms with E-state index in [0.29, 0.717) is 19.4 Å². The maximum Gasteiger partial charge on any atom is 0.332 e. The van der Waals surface area contributed by atoms with Crippen LogP contribution in [0.15, 0.2) is 12.1 Å². The number of carbonyl (C=O) groups is 2. The van der Waals surface area contributed by atoms with E-state index < -0.39 is 5.54 Å². The first-order valence-electron chi connectivity index (χ1n) is 7.13. The molecule has 0 fully saturated rings. The van der Waals surface area contributed by atoms with E-state index in [2.05, 4.69) is 17.4 Å². The molecule has 0 aliphatic heterocycles. The van der Waals surface area contributed by atoms with E-state index in [9.17, 15) is 9.59 Å². The highest BCUT2D eigenvalue weighted by atomic mass is 16.5. The van der Waals surface area contributed by atoms with E-state index >= 15 is 0 Å². The van der Waals surface area contributed by atoms with Gasteiger partial charge in [0.25, 0.3) is 0 Å². The predicted molar refractivity (Wildman–Crippen MR) is 74.4 cm³/mol. The minimum Gasteiger partial charge on any atom is -0.464 e. The minimum absolute atomic E-state index is 0.193. The van der Waals surface area contributed by atoms with Gasteiger partial charge in [0.1, 0.15) is 5.54 Å². The van der Waals surface area contributed by atoms with E-state index in [0.717, 1.165) is 12.8 Å². The lowest BCUT2D eigenvalue weighted by Crippen LogP contribution is -2.55. The molecule has 1 aromatic rings. The van der Waals surface area contributed by atoms with Gasteiger partial charge in [0.2, 0.25) is 5.91 Å². The third-order valence-corrected chi connectivity index (χ3v) is 4.25. The fourth-order valence-electron chi connectivity index (χ4n) is 3.28. The Bertz CT molecular complexity index is 559. The Labute approximate surface area is 118 Å². The van der Waals surface area contributed by atoms with Crippen molar-refractivity contribution in [3.63, 3.8) is 0 Å². The summed E-state index contributed by atoms with van der Waals surface area (Å²) in [5, 5.41) is 2.83. The number of hydrogen-bond acceptors (Lipinski definition) is 3. The van der Waals surface area contributed by atoms with Crippen LogP contribution >= 0.6 is 0 Å². The van der Waals surface area contributed by atoms with Crippen molar-refractivity contribution >= 4 is 11.9 Å². The van der Waals surface area contributed by atoms with Gasteiger partial charge in [0, 0.05) is 19.8 Å². The molecule has 1 amide bonds. The number of hydrogen-bond donors (Lipinski definition) is 1. The monoisotopic (exact) mass is 273 g/mol. The molecule has 0 radical (unpaired) electrons. The van der Waals surface area contributed by atoms with Crippen molar-refractivity contribution in [2.24, 2.45) is 0 Å². The van der Waals surface area contributed by atoms with E-state index in [1.165, 1.54) is 29.2 Å². The zero-order valence-electron chi connectivity index (χ0n) is 11.9. The predicted octanol–water partition coefficient (Wildman–Crippen LogP) is 1.32. The van der Waals surface area contributed by atoms with Crippen LogP contribution in [0.2, 0.25) is 0 Å². The van der Waals surface area contributed by atoms with E-state index in [-0.39, 0.29) is 11.9 Å². The van der Waals surface area contributed by atoms with Crippen LogP contribution in [0.1, 0.15) is 36.1 Å². The summed E-state index contributed by atoms with van der Waals surface area (Å²) in [5.41, 5.74) is 4.19. The van der Waals surface area contributed by atoms with Crippen LogP contribution in [-0.4, -0.2) is 24.0 Å². The average Bonchev–Trinajstić information content (AvgIpc) is 2.70. The molecule has 0 atom stereocenters. The molecule has 3 rings (SSSR count). The molecule has 2 aliphatic carbocycles. The van der Waals surface area contributed by atoms with Gasteiger partial charge in [0.15, 0.2) is 0 Å². The van der Waals surface area contributed by atoms with Crippen LogP contribution in [0, 0.1) is 0 Å². The molecule has 0 saturated carbocycles. The molecule has 0 bridgehead atoms. The lowest BCUT2D eigenvalue weighted by Gasteiger charge is -2.27. The lowest BCUT2D eigenvalue weighted by atomic mass is 9.85. The van der Waals surface area contributed by atoms with Crippen LogP contribution < -0.4 is 5.32 Å². The van der Waals surface area contributed by atoms with Gasteiger partial charge in [0.05, 0.1) is 6.61 Å². The SMILES string of the molecule is CCOC(=O)C1(NC(C)=O)Cc2cc3c(cc2C1)CC3. The van der Waals surface area contributed by atoms with Crippen LogP contribution in [0.25, 0.3) is 0 Å². The standard InChI is InChI=1S/C16H19NO3/c1-3-20-15(19)16(17-10(2)18)8-13-6-11-4-5-12(11)7-14(13)9-16/h6-7H,3-5,8-9H2,1-2H3,(H,17,18). The molecule has 0 heterocycles. The number of rotatable bonds is 3. The van der Waals surface area contributed by atoms with Crippen molar-refractivity contribution < 1.29 is 14.3 Å². The number of amides is 1. The zero-order chi connectivity index (χ0) is 14.3. The topological polar surface area (TPSA) is 55.4 Å². The molecule has 4 nitrogen and oxygen atoms in total. The van der Waals surface area contributed by atoms with Crippen LogP contribution in [0.4, 0.5) is 0 Å². The van der Waals surface area contributed by atoms with Gasteiger partial charge in [-0.25, -0.2) is 4.79 Å². The second-order valence-electron chi connectivity index (χ2n) is 5.73. The number of esters is 1. The minimum atomic E-state index is -0.912. The van der Waals surface area contributed by atoms with E-state index in [1.54, 1.807) is 6.92 Å². The maximum absolute atomic E-state index is 12.3. The number of carbonyl (C=O) groups excluding carboxylic acids is 2. The third-order valence-electron chi connectivity index (χ3n) is 4.25. The van der Waals surface area contributed by atoms with Crippen molar-refractivity contribution in [1.82, 2.24) is 5.32 Å². The first-order valence-corrected chi connectivity index (χ1v) is 7.13. The summed E-state index contributed by atoms with van der Waals surface area (Å²) in [6, 6.07) is 4.38. The fraction of sp³-hybridized carbons (Fsp3) is 0.500. The normalized spacial score (nSPS) is 17.7. The van der Waals surface area contributed by atoms with Crippen LogP contribution in [-0.2, 0) is 40.0 Å². The Morgan fingerprint density at radius 3 is 2.10 bits per heavy atom. The number of fused-ring (bicyclic) bond motifs is 2. The van der Waals surface area contributed by atoms with Crippen molar-refractivity contribution in [2.45, 2.75) is 45.1 Å². The highest BCUT2D eigenvalue weighted by Crippen LogP contribution is 2.36.